The molecule has 3 aromatic rings. The van der Waals surface area contributed by atoms with Crippen molar-refractivity contribution in [3.63, 3.8) is 0 Å². The molecule has 0 aliphatic heterocycles. The quantitative estimate of drug-likeness (QED) is 0.724. The van der Waals surface area contributed by atoms with E-state index in [1.165, 1.54) is 0 Å². The van der Waals surface area contributed by atoms with Crippen LogP contribution in [-0.4, -0.2) is 17.4 Å². The third-order valence-corrected chi connectivity index (χ3v) is 3.92. The summed E-state index contributed by atoms with van der Waals surface area (Å²) in [6, 6.07) is 23.4. The number of carbonyl (C=O) groups excluding carboxylic acids is 1. The van der Waals surface area contributed by atoms with Crippen molar-refractivity contribution < 1.29 is 4.79 Å². The number of amides is 1. The third kappa shape index (κ3) is 4.75. The standard InChI is InChI=1S/C21H21N3O/c1-16-10-12-18(13-11-16)24-20(25)15-23-21(17-7-3-2-4-8-17)19-9-5-6-14-22-19/h2-14,21,23H,15H2,1H3,(H,24,25). The molecule has 1 heterocycles. The van der Waals surface area contributed by atoms with Crippen LogP contribution in [0.4, 0.5) is 5.69 Å². The van der Waals surface area contributed by atoms with Gasteiger partial charge in [-0.25, -0.2) is 0 Å². The normalized spacial score (nSPS) is 11.7. The maximum absolute atomic E-state index is 12.3. The molecule has 0 aliphatic carbocycles. The molecule has 0 aliphatic rings. The van der Waals surface area contributed by atoms with Gasteiger partial charge in [0, 0.05) is 11.9 Å². The largest absolute Gasteiger partial charge is 0.325 e. The van der Waals surface area contributed by atoms with E-state index in [2.05, 4.69) is 15.6 Å². The Hall–Kier alpha value is -2.98. The van der Waals surface area contributed by atoms with Gasteiger partial charge < -0.3 is 5.32 Å². The zero-order chi connectivity index (χ0) is 17.5. The van der Waals surface area contributed by atoms with Crippen molar-refractivity contribution in [3.05, 3.63) is 95.8 Å². The summed E-state index contributed by atoms with van der Waals surface area (Å²) >= 11 is 0. The van der Waals surface area contributed by atoms with E-state index in [4.69, 9.17) is 0 Å². The summed E-state index contributed by atoms with van der Waals surface area (Å²) in [7, 11) is 0. The lowest BCUT2D eigenvalue weighted by Crippen LogP contribution is -2.32. The van der Waals surface area contributed by atoms with Crippen molar-refractivity contribution in [3.8, 4) is 0 Å². The average Bonchev–Trinajstić information content (AvgIpc) is 2.66. The number of hydrogen-bond acceptors (Lipinski definition) is 3. The van der Waals surface area contributed by atoms with E-state index >= 15 is 0 Å². The van der Waals surface area contributed by atoms with E-state index in [0.717, 1.165) is 22.5 Å². The fourth-order valence-corrected chi connectivity index (χ4v) is 2.62. The highest BCUT2D eigenvalue weighted by Crippen LogP contribution is 2.19. The van der Waals surface area contributed by atoms with Gasteiger partial charge in [0.05, 0.1) is 18.3 Å². The molecule has 3 rings (SSSR count). The molecule has 25 heavy (non-hydrogen) atoms. The van der Waals surface area contributed by atoms with Gasteiger partial charge in [-0.3, -0.25) is 15.1 Å². The predicted molar refractivity (Wildman–Crippen MR) is 100 cm³/mol. The van der Waals surface area contributed by atoms with Crippen molar-refractivity contribution in [1.29, 1.82) is 0 Å². The van der Waals surface area contributed by atoms with Crippen LogP contribution in [0.25, 0.3) is 0 Å². The van der Waals surface area contributed by atoms with Crippen LogP contribution in [-0.2, 0) is 4.79 Å². The molecule has 0 radical (unpaired) electrons. The summed E-state index contributed by atoms with van der Waals surface area (Å²) in [6.45, 7) is 2.22. The summed E-state index contributed by atoms with van der Waals surface area (Å²) in [4.78, 5) is 16.7. The number of anilines is 1. The first kappa shape index (κ1) is 16.9. The Morgan fingerprint density at radius 3 is 2.36 bits per heavy atom. The van der Waals surface area contributed by atoms with E-state index in [0.29, 0.717) is 0 Å². The first-order chi connectivity index (χ1) is 12.2. The molecule has 1 atom stereocenters. The molecule has 4 nitrogen and oxygen atoms in total. The van der Waals surface area contributed by atoms with Crippen LogP contribution in [0.1, 0.15) is 22.9 Å². The highest BCUT2D eigenvalue weighted by Gasteiger charge is 2.15. The highest BCUT2D eigenvalue weighted by molar-refractivity contribution is 5.92. The minimum Gasteiger partial charge on any atom is -0.325 e. The molecule has 0 saturated carbocycles. The Morgan fingerprint density at radius 1 is 0.960 bits per heavy atom. The molecule has 2 aromatic carbocycles. The molecule has 4 heteroatoms. The second-order valence-corrected chi connectivity index (χ2v) is 5.89. The lowest BCUT2D eigenvalue weighted by Gasteiger charge is -2.18. The van der Waals surface area contributed by atoms with Gasteiger partial charge in [0.15, 0.2) is 0 Å². The van der Waals surface area contributed by atoms with Crippen LogP contribution in [0.2, 0.25) is 0 Å². The van der Waals surface area contributed by atoms with Crippen molar-refractivity contribution in [2.75, 3.05) is 11.9 Å². The van der Waals surface area contributed by atoms with Gasteiger partial charge in [0.2, 0.25) is 5.91 Å². The fraction of sp³-hybridized carbons (Fsp3) is 0.143. The summed E-state index contributed by atoms with van der Waals surface area (Å²) < 4.78 is 0. The van der Waals surface area contributed by atoms with Crippen LogP contribution in [0.3, 0.4) is 0 Å². The molecule has 126 valence electrons. The number of aromatic nitrogens is 1. The van der Waals surface area contributed by atoms with Gasteiger partial charge in [0.25, 0.3) is 0 Å². The van der Waals surface area contributed by atoms with Crippen LogP contribution in [0.15, 0.2) is 79.0 Å². The van der Waals surface area contributed by atoms with Gasteiger partial charge in [0.1, 0.15) is 0 Å². The molecule has 1 amide bonds. The van der Waals surface area contributed by atoms with Gasteiger partial charge in [-0.15, -0.1) is 0 Å². The van der Waals surface area contributed by atoms with Gasteiger partial charge in [-0.05, 0) is 36.8 Å². The first-order valence-electron chi connectivity index (χ1n) is 8.28. The van der Waals surface area contributed by atoms with Crippen molar-refractivity contribution >= 4 is 11.6 Å². The third-order valence-electron chi connectivity index (χ3n) is 3.92. The number of hydrogen-bond donors (Lipinski definition) is 2. The van der Waals surface area contributed by atoms with Crippen molar-refractivity contribution in [1.82, 2.24) is 10.3 Å². The maximum Gasteiger partial charge on any atom is 0.238 e. The average molecular weight is 331 g/mol. The van der Waals surface area contributed by atoms with Gasteiger partial charge in [-0.2, -0.15) is 0 Å². The predicted octanol–water partition coefficient (Wildman–Crippen LogP) is 3.71. The fourth-order valence-electron chi connectivity index (χ4n) is 2.62. The van der Waals surface area contributed by atoms with Crippen molar-refractivity contribution in [2.24, 2.45) is 0 Å². The molecule has 2 N–H and O–H groups in total. The molecule has 0 bridgehead atoms. The molecular weight excluding hydrogens is 310 g/mol. The number of nitrogens with zero attached hydrogens (tertiary/aromatic N) is 1. The Bertz CT molecular complexity index is 762. The topological polar surface area (TPSA) is 54.0 Å². The van der Waals surface area contributed by atoms with Gasteiger partial charge in [-0.1, -0.05) is 54.1 Å². The lowest BCUT2D eigenvalue weighted by atomic mass is 10.0. The molecule has 0 saturated heterocycles. The summed E-state index contributed by atoms with van der Waals surface area (Å²) in [5, 5.41) is 6.21. The van der Waals surface area contributed by atoms with E-state index in [1.807, 2.05) is 79.7 Å². The van der Waals surface area contributed by atoms with Crippen LogP contribution >= 0.6 is 0 Å². The van der Waals surface area contributed by atoms with E-state index < -0.39 is 0 Å². The minimum atomic E-state index is -0.133. The zero-order valence-electron chi connectivity index (χ0n) is 14.1. The Morgan fingerprint density at radius 2 is 1.68 bits per heavy atom. The number of pyridine rings is 1. The van der Waals surface area contributed by atoms with Crippen molar-refractivity contribution in [2.45, 2.75) is 13.0 Å². The number of benzene rings is 2. The summed E-state index contributed by atoms with van der Waals surface area (Å²) in [5.41, 5.74) is 3.92. The van der Waals surface area contributed by atoms with Crippen LogP contribution < -0.4 is 10.6 Å². The minimum absolute atomic E-state index is 0.0827. The summed E-state index contributed by atoms with van der Waals surface area (Å²) in [5.74, 6) is -0.0827. The van der Waals surface area contributed by atoms with Crippen LogP contribution in [0, 0.1) is 6.92 Å². The van der Waals surface area contributed by atoms with E-state index in [1.54, 1.807) is 6.20 Å². The monoisotopic (exact) mass is 331 g/mol. The first-order valence-corrected chi connectivity index (χ1v) is 8.28. The maximum atomic E-state index is 12.3. The Kier molecular flexibility index (Phi) is 5.54. The number of carbonyl (C=O) groups is 1. The highest BCUT2D eigenvalue weighted by atomic mass is 16.1. The smallest absolute Gasteiger partial charge is 0.238 e. The summed E-state index contributed by atoms with van der Waals surface area (Å²) in [6.07, 6.45) is 1.76. The van der Waals surface area contributed by atoms with E-state index in [9.17, 15) is 4.79 Å². The second-order valence-electron chi connectivity index (χ2n) is 5.89. The molecule has 1 aromatic heterocycles. The molecule has 0 spiro atoms. The lowest BCUT2D eigenvalue weighted by molar-refractivity contribution is -0.115. The Balaban J connectivity index is 1.68. The SMILES string of the molecule is Cc1ccc(NC(=O)CNC(c2ccccc2)c2ccccn2)cc1. The van der Waals surface area contributed by atoms with Gasteiger partial charge >= 0.3 is 0 Å². The second kappa shape index (κ2) is 8.22. The molecule has 0 fully saturated rings. The molecular formula is C21H21N3O. The van der Waals surface area contributed by atoms with E-state index in [-0.39, 0.29) is 18.5 Å². The number of rotatable bonds is 6. The number of aryl methyl sites for hydroxylation is 1. The molecule has 1 unspecified atom stereocenters. The zero-order valence-corrected chi connectivity index (χ0v) is 14.1. The van der Waals surface area contributed by atoms with Crippen LogP contribution in [0.5, 0.6) is 0 Å². The Labute approximate surface area is 147 Å². The number of nitrogens with one attached hydrogen (secondary N) is 2.